The summed E-state index contributed by atoms with van der Waals surface area (Å²) in [5.74, 6) is 2.95. The Kier molecular flexibility index (Phi) is 9.32. The second-order valence-corrected chi connectivity index (χ2v) is 20.3. The van der Waals surface area contributed by atoms with Gasteiger partial charge >= 0.3 is 0 Å². The van der Waals surface area contributed by atoms with Crippen LogP contribution in [0, 0.1) is 6.33 Å². The lowest BCUT2D eigenvalue weighted by Gasteiger charge is -2.20. The van der Waals surface area contributed by atoms with Gasteiger partial charge in [0.05, 0.1) is 60.9 Å². The zero-order valence-corrected chi connectivity index (χ0v) is 41.3. The third kappa shape index (κ3) is 6.64. The predicted octanol–water partition coefficient (Wildman–Crippen LogP) is 15.4. The fourth-order valence-electron chi connectivity index (χ4n) is 11.3. The van der Waals surface area contributed by atoms with Crippen molar-refractivity contribution in [1.29, 1.82) is 0 Å². The minimum absolute atomic E-state index is 0.0517. The molecule has 356 valence electrons. The number of benzene rings is 9. The van der Waals surface area contributed by atoms with Crippen LogP contribution in [0.25, 0.3) is 117 Å². The second kappa shape index (κ2) is 16.3. The van der Waals surface area contributed by atoms with Crippen LogP contribution in [0.5, 0.6) is 11.5 Å². The van der Waals surface area contributed by atoms with Crippen LogP contribution in [0.2, 0.25) is 0 Å². The van der Waals surface area contributed by atoms with Crippen LogP contribution >= 0.6 is 0 Å². The van der Waals surface area contributed by atoms with Crippen LogP contribution < -0.4 is 9.30 Å². The monoisotopic (exact) mass is 966 g/mol. The average molecular weight is 967 g/mol. The van der Waals surface area contributed by atoms with Gasteiger partial charge in [-0.2, -0.15) is 0 Å². The van der Waals surface area contributed by atoms with E-state index in [4.69, 9.17) is 19.7 Å². The number of nitrogens with zero attached hydrogens (tertiary/aromatic N) is 8. The van der Waals surface area contributed by atoms with E-state index in [1.54, 1.807) is 0 Å². The van der Waals surface area contributed by atoms with Crippen molar-refractivity contribution in [2.45, 2.75) is 26.2 Å². The number of ether oxygens (including phenoxy) is 1. The van der Waals surface area contributed by atoms with Gasteiger partial charge in [-0.1, -0.05) is 160 Å². The molecule has 15 rings (SSSR count). The Balaban J connectivity index is 1.06. The average Bonchev–Trinajstić information content (AvgIpc) is 4.32. The molecule has 15 aromatic rings. The van der Waals surface area contributed by atoms with Gasteiger partial charge in [0.15, 0.2) is 0 Å². The fraction of sp³-hybridized carbons (Fsp3) is 0.0606. The summed E-state index contributed by atoms with van der Waals surface area (Å²) in [4.78, 5) is 15.9. The number of hydrogen-bond acceptors (Lipinski definition) is 4. The molecule has 0 aliphatic carbocycles. The molecule has 0 radical (unpaired) electrons. The van der Waals surface area contributed by atoms with Gasteiger partial charge in [-0.25, -0.2) is 15.0 Å². The SMILES string of the molecule is CC(C)(C)c1ccnc(-n2c3ccccc3c3ccc(Oc4ccc5c(c4)n4[c-][n+](-c6c(-c7ccccc7)cccc6-c6ccccc6)c6cccc(c64)c4nc6ccccc6n4c4nc6ccccc6n54)cc32)c1. The number of aromatic nitrogens is 8. The molecule has 0 saturated heterocycles. The largest absolute Gasteiger partial charge is 0.458 e. The van der Waals surface area contributed by atoms with Crippen molar-refractivity contribution in [3.05, 3.63) is 236 Å². The minimum atomic E-state index is -0.0517. The first-order valence-corrected chi connectivity index (χ1v) is 25.4. The normalized spacial score (nSPS) is 12.2. The number of rotatable bonds is 6. The molecule has 0 fully saturated rings. The van der Waals surface area contributed by atoms with Crippen molar-refractivity contribution in [3.63, 3.8) is 0 Å². The zero-order valence-electron chi connectivity index (χ0n) is 41.3. The molecule has 6 aromatic heterocycles. The maximum Gasteiger partial charge on any atom is 0.269 e. The maximum atomic E-state index is 7.10. The molecule has 0 N–H and O–H groups in total. The highest BCUT2D eigenvalue weighted by Crippen LogP contribution is 2.39. The first-order valence-electron chi connectivity index (χ1n) is 25.4. The van der Waals surface area contributed by atoms with E-state index >= 15 is 0 Å². The van der Waals surface area contributed by atoms with Gasteiger partial charge in [0.1, 0.15) is 23.0 Å². The quantitative estimate of drug-likeness (QED) is 0.123. The van der Waals surface area contributed by atoms with E-state index in [0.717, 1.165) is 117 Å². The molecule has 0 unspecified atom stereocenters. The van der Waals surface area contributed by atoms with Crippen molar-refractivity contribution in [1.82, 2.24) is 32.7 Å². The maximum absolute atomic E-state index is 7.10. The van der Waals surface area contributed by atoms with Crippen LogP contribution in [0.4, 0.5) is 0 Å². The van der Waals surface area contributed by atoms with Crippen LogP contribution in [0.3, 0.4) is 0 Å². The highest BCUT2D eigenvalue weighted by atomic mass is 16.5. The van der Waals surface area contributed by atoms with E-state index in [0.29, 0.717) is 11.5 Å². The summed E-state index contributed by atoms with van der Waals surface area (Å²) in [6, 6.07) is 76.6. The lowest BCUT2D eigenvalue weighted by Crippen LogP contribution is -2.31. The van der Waals surface area contributed by atoms with Crippen LogP contribution in [-0.2, 0) is 5.41 Å². The van der Waals surface area contributed by atoms with Gasteiger partial charge in [0, 0.05) is 28.4 Å². The molecular formula is C66H46N8O. The molecule has 0 amide bonds. The molecule has 0 saturated carbocycles. The summed E-state index contributed by atoms with van der Waals surface area (Å²) >= 11 is 0. The van der Waals surface area contributed by atoms with Crippen molar-refractivity contribution in [3.8, 4) is 45.3 Å². The van der Waals surface area contributed by atoms with Gasteiger partial charge in [0.25, 0.3) is 6.33 Å². The Morgan fingerprint density at radius 3 is 1.81 bits per heavy atom. The predicted molar refractivity (Wildman–Crippen MR) is 302 cm³/mol. The van der Waals surface area contributed by atoms with E-state index in [-0.39, 0.29) is 5.41 Å². The van der Waals surface area contributed by atoms with Gasteiger partial charge in [0.2, 0.25) is 5.78 Å². The molecule has 0 bridgehead atoms. The van der Waals surface area contributed by atoms with Gasteiger partial charge in [-0.15, -0.1) is 0 Å². The minimum Gasteiger partial charge on any atom is -0.458 e. The number of para-hydroxylation sites is 7. The standard InChI is InChI=1S/C66H46N8O/c1-66(2,3)44-36-37-67-61(38-44)72-54-28-13-10-22-49(54)50-34-32-45(39-59(50)72)75-46-33-35-57-60(40-46)71-41-70(62-47(42-18-6-4-7-19-42)23-16-24-48(62)43-20-8-5-9-21-43)58-31-17-25-51(63(58)71)64-68-52-26-11-15-30-56(52)74(64)65-69-53-27-12-14-29-55(53)73(57)65/h4-40H,1-3H3. The summed E-state index contributed by atoms with van der Waals surface area (Å²) < 4.78 is 18.3. The van der Waals surface area contributed by atoms with E-state index in [2.05, 4.69) is 256 Å². The van der Waals surface area contributed by atoms with Crippen molar-refractivity contribution in [2.24, 2.45) is 0 Å². The van der Waals surface area contributed by atoms with Gasteiger partial charge in [-0.3, -0.25) is 22.3 Å². The van der Waals surface area contributed by atoms with Crippen LogP contribution in [0.1, 0.15) is 26.3 Å². The van der Waals surface area contributed by atoms with Crippen molar-refractivity contribution < 1.29 is 9.30 Å². The van der Waals surface area contributed by atoms with Crippen molar-refractivity contribution in [2.75, 3.05) is 0 Å². The third-order valence-corrected chi connectivity index (χ3v) is 14.8. The van der Waals surface area contributed by atoms with E-state index in [1.807, 2.05) is 18.3 Å². The first-order chi connectivity index (χ1) is 36.8. The molecule has 9 nitrogen and oxygen atoms in total. The Bertz CT molecular complexity index is 4790. The third-order valence-electron chi connectivity index (χ3n) is 14.8. The zero-order chi connectivity index (χ0) is 49.9. The number of imidazole rings is 3. The first kappa shape index (κ1) is 42.8. The Hall–Kier alpha value is -9.86. The van der Waals surface area contributed by atoms with Crippen LogP contribution in [0.15, 0.2) is 225 Å². The Morgan fingerprint density at radius 2 is 1.08 bits per heavy atom. The molecule has 9 heteroatoms. The van der Waals surface area contributed by atoms with Gasteiger partial charge in [-0.05, 0) is 106 Å². The molecule has 9 aromatic carbocycles. The molecule has 0 aliphatic heterocycles. The summed E-state index contributed by atoms with van der Waals surface area (Å²) in [6.45, 7) is 6.71. The molecular weight excluding hydrogens is 921 g/mol. The number of fused-ring (bicyclic) bond motifs is 14. The van der Waals surface area contributed by atoms with E-state index in [9.17, 15) is 0 Å². The number of hydrogen-bond donors (Lipinski definition) is 0. The summed E-state index contributed by atoms with van der Waals surface area (Å²) in [6.07, 6.45) is 5.94. The van der Waals surface area contributed by atoms with E-state index < -0.39 is 0 Å². The highest BCUT2D eigenvalue weighted by molar-refractivity contribution is 6.10. The topological polar surface area (TPSA) is 69.9 Å². The molecule has 0 aliphatic rings. The fourth-order valence-corrected chi connectivity index (χ4v) is 11.3. The Morgan fingerprint density at radius 1 is 0.480 bits per heavy atom. The highest BCUT2D eigenvalue weighted by Gasteiger charge is 2.24. The van der Waals surface area contributed by atoms with Crippen LogP contribution in [-0.4, -0.2) is 32.7 Å². The second-order valence-electron chi connectivity index (χ2n) is 20.3. The number of pyridine rings is 1. The summed E-state index contributed by atoms with van der Waals surface area (Å²) in [5.41, 5.74) is 16.7. The van der Waals surface area contributed by atoms with Gasteiger partial charge < -0.3 is 4.74 Å². The molecule has 75 heavy (non-hydrogen) atoms. The molecule has 6 heterocycles. The van der Waals surface area contributed by atoms with Crippen molar-refractivity contribution >= 4 is 82.8 Å². The molecule has 0 atom stereocenters. The lowest BCUT2D eigenvalue weighted by molar-refractivity contribution is -0.570. The lowest BCUT2D eigenvalue weighted by atomic mass is 9.88. The summed E-state index contributed by atoms with van der Waals surface area (Å²) in [7, 11) is 0. The van der Waals surface area contributed by atoms with E-state index in [1.165, 1.54) is 5.56 Å². The molecule has 0 spiro atoms. The smallest absolute Gasteiger partial charge is 0.269 e. The summed E-state index contributed by atoms with van der Waals surface area (Å²) in [5, 5.41) is 3.20. The Labute approximate surface area is 430 Å².